The van der Waals surface area contributed by atoms with Gasteiger partial charge >= 0.3 is 0 Å². The fourth-order valence-corrected chi connectivity index (χ4v) is 2.66. The van der Waals surface area contributed by atoms with Crippen LogP contribution in [0.25, 0.3) is 0 Å². The van der Waals surface area contributed by atoms with Gasteiger partial charge in [0, 0.05) is 24.5 Å². The maximum absolute atomic E-state index is 10.6. The maximum atomic E-state index is 10.6. The number of hydrogen-bond acceptors (Lipinski definition) is 5. The SMILES string of the molecule is O=[SH](=O)CN1CCC(c2cnccn2)CC1. The van der Waals surface area contributed by atoms with Crippen LogP contribution in [0.5, 0.6) is 0 Å². The maximum Gasteiger partial charge on any atom is 0.153 e. The Labute approximate surface area is 96.5 Å². The summed E-state index contributed by atoms with van der Waals surface area (Å²) in [4.78, 5) is 10.3. The lowest BCUT2D eigenvalue weighted by atomic mass is 9.94. The van der Waals surface area contributed by atoms with Gasteiger partial charge in [-0.3, -0.25) is 14.9 Å². The molecule has 16 heavy (non-hydrogen) atoms. The van der Waals surface area contributed by atoms with E-state index in [1.54, 1.807) is 18.6 Å². The van der Waals surface area contributed by atoms with Crippen molar-refractivity contribution in [2.24, 2.45) is 0 Å². The van der Waals surface area contributed by atoms with E-state index in [4.69, 9.17) is 0 Å². The first-order valence-electron chi connectivity index (χ1n) is 5.36. The second-order valence-corrected chi connectivity index (χ2v) is 4.95. The molecule has 0 spiro atoms. The Morgan fingerprint density at radius 1 is 1.31 bits per heavy atom. The van der Waals surface area contributed by atoms with Gasteiger partial charge in [0.25, 0.3) is 0 Å². The van der Waals surface area contributed by atoms with Gasteiger partial charge < -0.3 is 0 Å². The number of piperidine rings is 1. The monoisotopic (exact) mass is 241 g/mol. The molecule has 0 bridgehead atoms. The predicted octanol–water partition coefficient (Wildman–Crippen LogP) is 0.225. The van der Waals surface area contributed by atoms with Crippen molar-refractivity contribution in [2.75, 3.05) is 19.0 Å². The van der Waals surface area contributed by atoms with E-state index >= 15 is 0 Å². The van der Waals surface area contributed by atoms with E-state index < -0.39 is 10.7 Å². The summed E-state index contributed by atoms with van der Waals surface area (Å²) in [7, 11) is -2.29. The summed E-state index contributed by atoms with van der Waals surface area (Å²) >= 11 is 0. The number of aromatic nitrogens is 2. The summed E-state index contributed by atoms with van der Waals surface area (Å²) < 4.78 is 21.2. The topological polar surface area (TPSA) is 63.2 Å². The normalized spacial score (nSPS) is 19.1. The molecule has 1 aliphatic rings. The Bertz CT molecular complexity index is 392. The smallest absolute Gasteiger partial charge is 0.153 e. The Morgan fingerprint density at radius 3 is 2.62 bits per heavy atom. The molecule has 1 aromatic heterocycles. The molecule has 5 nitrogen and oxygen atoms in total. The molecule has 0 unspecified atom stereocenters. The molecule has 0 amide bonds. The quantitative estimate of drug-likeness (QED) is 0.767. The Hall–Kier alpha value is -1.01. The van der Waals surface area contributed by atoms with Gasteiger partial charge in [0.2, 0.25) is 0 Å². The van der Waals surface area contributed by atoms with Crippen LogP contribution < -0.4 is 0 Å². The van der Waals surface area contributed by atoms with Crippen LogP contribution in [0.4, 0.5) is 0 Å². The summed E-state index contributed by atoms with van der Waals surface area (Å²) in [6.07, 6.45) is 7.09. The molecule has 1 aromatic rings. The fraction of sp³-hybridized carbons (Fsp3) is 0.600. The molecule has 1 fully saturated rings. The van der Waals surface area contributed by atoms with Gasteiger partial charge in [0.05, 0.1) is 11.6 Å². The van der Waals surface area contributed by atoms with Gasteiger partial charge in [-0.1, -0.05) is 0 Å². The predicted molar refractivity (Wildman–Crippen MR) is 60.8 cm³/mol. The molecule has 0 radical (unpaired) electrons. The van der Waals surface area contributed by atoms with Crippen molar-refractivity contribution in [3.05, 3.63) is 24.3 Å². The number of rotatable bonds is 3. The van der Waals surface area contributed by atoms with E-state index in [-0.39, 0.29) is 5.88 Å². The molecular weight excluding hydrogens is 226 g/mol. The van der Waals surface area contributed by atoms with Crippen molar-refractivity contribution in [1.29, 1.82) is 0 Å². The highest BCUT2D eigenvalue weighted by Crippen LogP contribution is 2.25. The molecule has 1 saturated heterocycles. The minimum Gasteiger partial charge on any atom is -0.290 e. The zero-order valence-corrected chi connectivity index (χ0v) is 9.84. The Morgan fingerprint density at radius 2 is 2.06 bits per heavy atom. The molecule has 2 rings (SSSR count). The first kappa shape index (κ1) is 11.5. The summed E-state index contributed by atoms with van der Waals surface area (Å²) in [6.45, 7) is 1.65. The van der Waals surface area contributed by atoms with Gasteiger partial charge in [-0.25, -0.2) is 8.42 Å². The van der Waals surface area contributed by atoms with Crippen LogP contribution in [0.15, 0.2) is 18.6 Å². The van der Waals surface area contributed by atoms with E-state index in [0.717, 1.165) is 31.6 Å². The van der Waals surface area contributed by atoms with Gasteiger partial charge in [-0.05, 0) is 25.9 Å². The van der Waals surface area contributed by atoms with Crippen LogP contribution in [0.3, 0.4) is 0 Å². The van der Waals surface area contributed by atoms with E-state index in [1.165, 1.54) is 0 Å². The van der Waals surface area contributed by atoms with Crippen molar-refractivity contribution in [3.63, 3.8) is 0 Å². The number of nitrogens with zero attached hydrogens (tertiary/aromatic N) is 3. The first-order valence-corrected chi connectivity index (χ1v) is 6.72. The fourth-order valence-electron chi connectivity index (χ4n) is 2.05. The lowest BCUT2D eigenvalue weighted by Gasteiger charge is -2.29. The second kappa shape index (κ2) is 5.36. The summed E-state index contributed by atoms with van der Waals surface area (Å²) in [5, 5.41) is 0. The lowest BCUT2D eigenvalue weighted by molar-refractivity contribution is 0.240. The van der Waals surface area contributed by atoms with Crippen LogP contribution in [-0.2, 0) is 10.7 Å². The third-order valence-corrected chi connectivity index (χ3v) is 3.54. The standard InChI is InChI=1S/C10H15N3O2S/c14-16(15)8-13-5-1-9(2-6-13)10-7-11-3-4-12-10/h3-4,7,9,16H,1-2,5-6,8H2. The van der Waals surface area contributed by atoms with Crippen LogP contribution >= 0.6 is 0 Å². The van der Waals surface area contributed by atoms with Crippen molar-refractivity contribution in [2.45, 2.75) is 18.8 Å². The molecule has 0 aliphatic carbocycles. The van der Waals surface area contributed by atoms with E-state index in [0.29, 0.717) is 5.92 Å². The number of likely N-dealkylation sites (tertiary alicyclic amines) is 1. The zero-order valence-electron chi connectivity index (χ0n) is 8.95. The second-order valence-electron chi connectivity index (χ2n) is 4.00. The van der Waals surface area contributed by atoms with Gasteiger partial charge in [-0.2, -0.15) is 0 Å². The molecule has 0 saturated carbocycles. The molecule has 0 aromatic carbocycles. The molecule has 6 heteroatoms. The van der Waals surface area contributed by atoms with Gasteiger partial charge in [-0.15, -0.1) is 0 Å². The molecule has 1 aliphatic heterocycles. The average Bonchev–Trinajstić information content (AvgIpc) is 2.30. The highest BCUT2D eigenvalue weighted by molar-refractivity contribution is 7.72. The van der Waals surface area contributed by atoms with Crippen LogP contribution in [0.2, 0.25) is 0 Å². The first-order chi connectivity index (χ1) is 7.75. The third-order valence-electron chi connectivity index (χ3n) is 2.90. The summed E-state index contributed by atoms with van der Waals surface area (Å²) in [5.41, 5.74) is 1.02. The van der Waals surface area contributed by atoms with Gasteiger partial charge in [0.1, 0.15) is 0 Å². The largest absolute Gasteiger partial charge is 0.290 e. The van der Waals surface area contributed by atoms with E-state index in [2.05, 4.69) is 9.97 Å². The molecule has 0 atom stereocenters. The van der Waals surface area contributed by atoms with Crippen LogP contribution in [0.1, 0.15) is 24.5 Å². The Kier molecular flexibility index (Phi) is 3.84. The van der Waals surface area contributed by atoms with Gasteiger partial charge in [0.15, 0.2) is 10.7 Å². The van der Waals surface area contributed by atoms with Crippen molar-refractivity contribution < 1.29 is 8.42 Å². The minimum absolute atomic E-state index is 0.183. The Balaban J connectivity index is 1.90. The van der Waals surface area contributed by atoms with Crippen LogP contribution in [-0.4, -0.2) is 42.3 Å². The molecule has 88 valence electrons. The summed E-state index contributed by atoms with van der Waals surface area (Å²) in [5.74, 6) is 0.609. The highest BCUT2D eigenvalue weighted by atomic mass is 32.2. The molecular formula is C10H15N3O2S. The summed E-state index contributed by atoms with van der Waals surface area (Å²) in [6, 6.07) is 0. The zero-order chi connectivity index (χ0) is 11.4. The number of thiol groups is 1. The van der Waals surface area contributed by atoms with Crippen molar-refractivity contribution >= 4 is 10.7 Å². The van der Waals surface area contributed by atoms with Crippen molar-refractivity contribution in [3.8, 4) is 0 Å². The highest BCUT2D eigenvalue weighted by Gasteiger charge is 2.21. The van der Waals surface area contributed by atoms with E-state index in [1.807, 2.05) is 4.90 Å². The van der Waals surface area contributed by atoms with Crippen molar-refractivity contribution in [1.82, 2.24) is 14.9 Å². The van der Waals surface area contributed by atoms with E-state index in [9.17, 15) is 8.42 Å². The van der Waals surface area contributed by atoms with Crippen LogP contribution in [0, 0.1) is 0 Å². The average molecular weight is 241 g/mol. The lowest BCUT2D eigenvalue weighted by Crippen LogP contribution is -2.34. The third kappa shape index (κ3) is 2.99. The molecule has 0 N–H and O–H groups in total. The molecule has 2 heterocycles. The minimum atomic E-state index is -2.29. The number of hydrogen-bond donors (Lipinski definition) is 1.